The van der Waals surface area contributed by atoms with Crippen LogP contribution >= 0.6 is 7.82 Å². The van der Waals surface area contributed by atoms with E-state index in [1.807, 2.05) is 36.4 Å². The largest absolute Gasteiger partial charge is 0.530 e. The van der Waals surface area contributed by atoms with E-state index >= 15 is 0 Å². The van der Waals surface area contributed by atoms with Crippen molar-refractivity contribution < 1.29 is 18.1 Å². The van der Waals surface area contributed by atoms with Crippen molar-refractivity contribution in [3.63, 3.8) is 0 Å². The van der Waals surface area contributed by atoms with Gasteiger partial charge in [-0.1, -0.05) is 36.4 Å². The lowest BCUT2D eigenvalue weighted by Gasteiger charge is -2.18. The fourth-order valence-electron chi connectivity index (χ4n) is 1.80. The molecule has 0 fully saturated rings. The summed E-state index contributed by atoms with van der Waals surface area (Å²) in [5.74, 6) is 0.503. The topological polar surface area (TPSA) is 44.8 Å². The lowest BCUT2D eigenvalue weighted by molar-refractivity contribution is 0.168. The highest BCUT2D eigenvalue weighted by atomic mass is 31.2. The van der Waals surface area contributed by atoms with Crippen molar-refractivity contribution in [1.29, 1.82) is 0 Å². The number of fused-ring (bicyclic) bond motifs is 1. The van der Waals surface area contributed by atoms with Gasteiger partial charge in [0.15, 0.2) is 0 Å². The van der Waals surface area contributed by atoms with Crippen molar-refractivity contribution >= 4 is 18.6 Å². The Bertz CT molecular complexity index is 582. The Morgan fingerprint density at radius 2 is 1.58 bits per heavy atom. The Balaban J connectivity index is 2.36. The lowest BCUT2D eigenvalue weighted by Crippen LogP contribution is -2.02. The van der Waals surface area contributed by atoms with E-state index in [0.29, 0.717) is 5.75 Å². The van der Waals surface area contributed by atoms with Gasteiger partial charge >= 0.3 is 7.82 Å². The number of benzene rings is 2. The monoisotopic (exact) mass is 280 g/mol. The molecule has 0 N–H and O–H groups in total. The maximum Gasteiger partial charge on any atom is 0.530 e. The molecular weight excluding hydrogens is 263 g/mol. The highest BCUT2D eigenvalue weighted by molar-refractivity contribution is 7.48. The molecule has 5 heteroatoms. The molecule has 2 rings (SSSR count). The van der Waals surface area contributed by atoms with Crippen LogP contribution in [0.25, 0.3) is 10.8 Å². The van der Waals surface area contributed by atoms with Crippen LogP contribution in [-0.4, -0.2) is 13.2 Å². The molecule has 0 atom stereocenters. The molecule has 0 spiro atoms. The van der Waals surface area contributed by atoms with Crippen molar-refractivity contribution in [2.75, 3.05) is 13.2 Å². The third-order valence-electron chi connectivity index (χ3n) is 2.53. The standard InChI is InChI=1S/C14H17O4P/c1-3-16-19(15,17-4-2)18-14-11-7-9-12-8-5-6-10-13(12)14/h5-11H,3-4H2,1-2H3. The third-order valence-corrected chi connectivity index (χ3v) is 4.10. The molecule has 19 heavy (non-hydrogen) atoms. The molecule has 0 unspecified atom stereocenters. The normalized spacial score (nSPS) is 11.7. The van der Waals surface area contributed by atoms with Gasteiger partial charge in [0.1, 0.15) is 5.75 Å². The smallest absolute Gasteiger partial charge is 0.403 e. The second kappa shape index (κ2) is 6.20. The predicted molar refractivity (Wildman–Crippen MR) is 75.4 cm³/mol. The Morgan fingerprint density at radius 1 is 0.947 bits per heavy atom. The van der Waals surface area contributed by atoms with Crippen LogP contribution < -0.4 is 4.52 Å². The first-order chi connectivity index (χ1) is 9.18. The Kier molecular flexibility index (Phi) is 4.59. The summed E-state index contributed by atoms with van der Waals surface area (Å²) in [6.07, 6.45) is 0. The first-order valence-corrected chi connectivity index (χ1v) is 7.71. The lowest BCUT2D eigenvalue weighted by atomic mass is 10.1. The van der Waals surface area contributed by atoms with Crippen molar-refractivity contribution in [1.82, 2.24) is 0 Å². The van der Waals surface area contributed by atoms with E-state index in [2.05, 4.69) is 0 Å². The summed E-state index contributed by atoms with van der Waals surface area (Å²) in [5.41, 5.74) is 0. The fraction of sp³-hybridized carbons (Fsp3) is 0.286. The van der Waals surface area contributed by atoms with Crippen LogP contribution in [0.5, 0.6) is 5.75 Å². The molecule has 0 heterocycles. The molecule has 0 saturated carbocycles. The number of phosphoric ester groups is 1. The van der Waals surface area contributed by atoms with E-state index < -0.39 is 7.82 Å². The molecule has 0 aliphatic carbocycles. The zero-order valence-electron chi connectivity index (χ0n) is 11.0. The Morgan fingerprint density at radius 3 is 2.26 bits per heavy atom. The van der Waals surface area contributed by atoms with E-state index in [4.69, 9.17) is 13.6 Å². The van der Waals surface area contributed by atoms with Gasteiger partial charge in [-0.05, 0) is 25.3 Å². The van der Waals surface area contributed by atoms with Crippen LogP contribution in [0.3, 0.4) is 0 Å². The molecule has 0 aliphatic heterocycles. The van der Waals surface area contributed by atoms with E-state index in [-0.39, 0.29) is 13.2 Å². The molecule has 0 amide bonds. The van der Waals surface area contributed by atoms with Crippen molar-refractivity contribution in [2.45, 2.75) is 13.8 Å². The summed E-state index contributed by atoms with van der Waals surface area (Å²) in [6, 6.07) is 13.3. The molecule has 0 aliphatic rings. The van der Waals surface area contributed by atoms with Gasteiger partial charge in [-0.2, -0.15) is 0 Å². The zero-order valence-corrected chi connectivity index (χ0v) is 11.9. The highest BCUT2D eigenvalue weighted by Crippen LogP contribution is 2.50. The van der Waals surface area contributed by atoms with Gasteiger partial charge in [-0.3, -0.25) is 9.05 Å². The van der Waals surface area contributed by atoms with Gasteiger partial charge < -0.3 is 4.52 Å². The summed E-state index contributed by atoms with van der Waals surface area (Å²) in [6.45, 7) is 4.03. The average molecular weight is 280 g/mol. The van der Waals surface area contributed by atoms with Crippen LogP contribution in [-0.2, 0) is 13.6 Å². The molecule has 2 aromatic carbocycles. The van der Waals surface area contributed by atoms with E-state index in [9.17, 15) is 4.57 Å². The number of rotatable bonds is 6. The van der Waals surface area contributed by atoms with E-state index in [1.165, 1.54) is 0 Å². The number of phosphoric acid groups is 1. The molecule has 0 aromatic heterocycles. The van der Waals surface area contributed by atoms with Gasteiger partial charge in [-0.25, -0.2) is 4.57 Å². The minimum atomic E-state index is -3.55. The first-order valence-electron chi connectivity index (χ1n) is 6.25. The maximum absolute atomic E-state index is 12.4. The third kappa shape index (κ3) is 3.35. The molecule has 4 nitrogen and oxygen atoms in total. The number of hydrogen-bond donors (Lipinski definition) is 0. The Labute approximate surface area is 112 Å². The number of hydrogen-bond acceptors (Lipinski definition) is 4. The molecule has 0 saturated heterocycles. The van der Waals surface area contributed by atoms with E-state index in [1.54, 1.807) is 19.9 Å². The second-order valence-corrected chi connectivity index (χ2v) is 5.44. The molecule has 0 radical (unpaired) electrons. The molecule has 0 bridgehead atoms. The maximum atomic E-state index is 12.4. The summed E-state index contributed by atoms with van der Waals surface area (Å²) in [5, 5.41) is 1.89. The summed E-state index contributed by atoms with van der Waals surface area (Å²) < 4.78 is 28.1. The van der Waals surface area contributed by atoms with Crippen LogP contribution in [0.2, 0.25) is 0 Å². The van der Waals surface area contributed by atoms with Crippen LogP contribution in [0, 0.1) is 0 Å². The minimum Gasteiger partial charge on any atom is -0.403 e. The second-order valence-electron chi connectivity index (χ2n) is 3.85. The predicted octanol–water partition coefficient (Wildman–Crippen LogP) is 4.40. The minimum absolute atomic E-state index is 0.266. The quantitative estimate of drug-likeness (QED) is 0.736. The van der Waals surface area contributed by atoms with Gasteiger partial charge in [0.25, 0.3) is 0 Å². The summed E-state index contributed by atoms with van der Waals surface area (Å²) in [4.78, 5) is 0. The van der Waals surface area contributed by atoms with Crippen molar-refractivity contribution in [3.05, 3.63) is 42.5 Å². The van der Waals surface area contributed by atoms with Gasteiger partial charge in [0.2, 0.25) is 0 Å². The van der Waals surface area contributed by atoms with Crippen LogP contribution in [0.15, 0.2) is 42.5 Å². The van der Waals surface area contributed by atoms with Crippen LogP contribution in [0.1, 0.15) is 13.8 Å². The van der Waals surface area contributed by atoms with Crippen molar-refractivity contribution in [2.24, 2.45) is 0 Å². The van der Waals surface area contributed by atoms with Gasteiger partial charge in [0, 0.05) is 5.39 Å². The average Bonchev–Trinajstić information content (AvgIpc) is 2.39. The van der Waals surface area contributed by atoms with Crippen molar-refractivity contribution in [3.8, 4) is 5.75 Å². The fourth-order valence-corrected chi connectivity index (χ4v) is 3.01. The Hall–Kier alpha value is -1.35. The SMILES string of the molecule is CCOP(=O)(OCC)Oc1cccc2ccccc12. The van der Waals surface area contributed by atoms with Gasteiger partial charge in [-0.15, -0.1) is 0 Å². The molecule has 2 aromatic rings. The van der Waals surface area contributed by atoms with E-state index in [0.717, 1.165) is 10.8 Å². The summed E-state index contributed by atoms with van der Waals surface area (Å²) >= 11 is 0. The molecule has 102 valence electrons. The highest BCUT2D eigenvalue weighted by Gasteiger charge is 2.27. The summed E-state index contributed by atoms with van der Waals surface area (Å²) in [7, 11) is -3.55. The van der Waals surface area contributed by atoms with Crippen LogP contribution in [0.4, 0.5) is 0 Å². The molecular formula is C14H17O4P. The van der Waals surface area contributed by atoms with Gasteiger partial charge in [0.05, 0.1) is 13.2 Å². The zero-order chi connectivity index (χ0) is 13.7. The first kappa shape index (κ1) is 14.1.